The fraction of sp³-hybridized carbons (Fsp3) is 0.636. The van der Waals surface area contributed by atoms with Gasteiger partial charge in [-0.2, -0.15) is 0 Å². The fourth-order valence-corrected chi connectivity index (χ4v) is 1.66. The van der Waals surface area contributed by atoms with Crippen LogP contribution in [-0.4, -0.2) is 18.3 Å². The molecule has 2 N–H and O–H groups in total. The molecule has 1 fully saturated rings. The van der Waals surface area contributed by atoms with Gasteiger partial charge < -0.3 is 19.5 Å². The lowest BCUT2D eigenvalue weighted by Crippen LogP contribution is -2.41. The highest BCUT2D eigenvalue weighted by molar-refractivity contribution is 6.47. The first-order chi connectivity index (χ1) is 7.33. The van der Waals surface area contributed by atoms with Gasteiger partial charge in [0.05, 0.1) is 29.7 Å². The minimum Gasteiger partial charge on any atom is -0.472 e. The van der Waals surface area contributed by atoms with Crippen LogP contribution in [0, 0.1) is 0 Å². The lowest BCUT2D eigenvalue weighted by atomic mass is 9.76. The Morgan fingerprint density at radius 1 is 1.19 bits per heavy atom. The molecule has 5 heteroatoms. The van der Waals surface area contributed by atoms with E-state index < -0.39 is 7.12 Å². The molecule has 2 rings (SSSR count). The van der Waals surface area contributed by atoms with Gasteiger partial charge in [0.25, 0.3) is 0 Å². The number of hydrogen-bond acceptors (Lipinski definition) is 4. The first-order valence-electron chi connectivity index (χ1n) is 5.47. The van der Waals surface area contributed by atoms with E-state index in [2.05, 4.69) is 0 Å². The van der Waals surface area contributed by atoms with Crippen molar-refractivity contribution in [2.75, 3.05) is 0 Å². The summed E-state index contributed by atoms with van der Waals surface area (Å²) in [5.41, 5.74) is 6.27. The molecule has 1 aliphatic heterocycles. The summed E-state index contributed by atoms with van der Waals surface area (Å²) in [7, 11) is -0.428. The highest BCUT2D eigenvalue weighted by atomic mass is 16.7. The number of hydrogen-bond donors (Lipinski definition) is 1. The van der Waals surface area contributed by atoms with Gasteiger partial charge >= 0.3 is 7.12 Å². The van der Waals surface area contributed by atoms with Crippen molar-refractivity contribution in [3.05, 3.63) is 24.2 Å². The zero-order valence-electron chi connectivity index (χ0n) is 10.2. The molecule has 1 aromatic rings. The van der Waals surface area contributed by atoms with Gasteiger partial charge in [-0.25, -0.2) is 0 Å². The maximum atomic E-state index is 6.08. The van der Waals surface area contributed by atoms with Gasteiger partial charge in [0.15, 0.2) is 0 Å². The van der Waals surface area contributed by atoms with Gasteiger partial charge in [0.2, 0.25) is 0 Å². The van der Waals surface area contributed by atoms with Crippen molar-refractivity contribution in [1.29, 1.82) is 0 Å². The summed E-state index contributed by atoms with van der Waals surface area (Å²) in [6, 6.07) is 1.83. The molecule has 1 saturated heterocycles. The second-order valence-electron chi connectivity index (χ2n) is 5.21. The Bertz CT molecular complexity index is 345. The van der Waals surface area contributed by atoms with Crippen LogP contribution in [0.25, 0.3) is 0 Å². The zero-order chi connectivity index (χ0) is 12.0. The van der Waals surface area contributed by atoms with Crippen LogP contribution in [-0.2, 0) is 9.31 Å². The summed E-state index contributed by atoms with van der Waals surface area (Å²) in [6.45, 7) is 8.04. The van der Waals surface area contributed by atoms with Crippen molar-refractivity contribution < 1.29 is 13.7 Å². The molecule has 1 aliphatic rings. The van der Waals surface area contributed by atoms with E-state index in [0.29, 0.717) is 0 Å². The van der Waals surface area contributed by atoms with E-state index in [9.17, 15) is 0 Å². The third-order valence-corrected chi connectivity index (χ3v) is 3.49. The van der Waals surface area contributed by atoms with Crippen LogP contribution in [0.4, 0.5) is 0 Å². The SMILES string of the molecule is CC1(C)OB([C@@H](N)c2ccoc2)OC1(C)C. The molecule has 0 saturated carbocycles. The van der Waals surface area contributed by atoms with E-state index in [1.807, 2.05) is 33.8 Å². The van der Waals surface area contributed by atoms with Gasteiger partial charge in [0, 0.05) is 5.56 Å². The summed E-state index contributed by atoms with van der Waals surface area (Å²) in [4.78, 5) is 0. The van der Waals surface area contributed by atoms with Crippen LogP contribution >= 0.6 is 0 Å². The van der Waals surface area contributed by atoms with Gasteiger partial charge in [-0.1, -0.05) is 0 Å². The maximum absolute atomic E-state index is 6.08. The highest BCUT2D eigenvalue weighted by Gasteiger charge is 2.53. The van der Waals surface area contributed by atoms with Crippen molar-refractivity contribution in [2.45, 2.75) is 44.8 Å². The average molecular weight is 223 g/mol. The van der Waals surface area contributed by atoms with Crippen molar-refractivity contribution in [1.82, 2.24) is 0 Å². The van der Waals surface area contributed by atoms with E-state index in [-0.39, 0.29) is 17.1 Å². The Morgan fingerprint density at radius 3 is 2.19 bits per heavy atom. The van der Waals surface area contributed by atoms with E-state index in [1.54, 1.807) is 12.5 Å². The summed E-state index contributed by atoms with van der Waals surface area (Å²) in [5, 5.41) is 0. The first-order valence-corrected chi connectivity index (χ1v) is 5.47. The molecule has 2 heterocycles. The molecule has 0 unspecified atom stereocenters. The first kappa shape index (κ1) is 11.7. The van der Waals surface area contributed by atoms with Crippen LogP contribution in [0.1, 0.15) is 39.2 Å². The van der Waals surface area contributed by atoms with Gasteiger partial charge in [-0.15, -0.1) is 0 Å². The maximum Gasteiger partial charge on any atom is 0.480 e. The number of rotatable bonds is 2. The van der Waals surface area contributed by atoms with Crippen molar-refractivity contribution in [3.8, 4) is 0 Å². The summed E-state index contributed by atoms with van der Waals surface area (Å²) in [6.07, 6.45) is 3.22. The highest BCUT2D eigenvalue weighted by Crippen LogP contribution is 2.39. The Morgan fingerprint density at radius 2 is 1.75 bits per heavy atom. The predicted molar refractivity (Wildman–Crippen MR) is 61.7 cm³/mol. The van der Waals surface area contributed by atoms with E-state index in [4.69, 9.17) is 19.5 Å². The largest absolute Gasteiger partial charge is 0.480 e. The molecule has 4 nitrogen and oxygen atoms in total. The Balaban J connectivity index is 2.15. The molecule has 0 spiro atoms. The smallest absolute Gasteiger partial charge is 0.472 e. The topological polar surface area (TPSA) is 57.6 Å². The molecule has 88 valence electrons. The summed E-state index contributed by atoms with van der Waals surface area (Å²) in [5.74, 6) is -0.320. The Kier molecular flexibility index (Phi) is 2.65. The molecule has 16 heavy (non-hydrogen) atoms. The van der Waals surface area contributed by atoms with Crippen LogP contribution in [0.3, 0.4) is 0 Å². The quantitative estimate of drug-likeness (QED) is 0.778. The molecule has 1 atom stereocenters. The minimum absolute atomic E-state index is 0.320. The van der Waals surface area contributed by atoms with Gasteiger partial charge in [-0.05, 0) is 33.8 Å². The number of furan rings is 1. The van der Waals surface area contributed by atoms with E-state index >= 15 is 0 Å². The minimum atomic E-state index is -0.428. The van der Waals surface area contributed by atoms with Crippen molar-refractivity contribution in [2.24, 2.45) is 5.73 Å². The van der Waals surface area contributed by atoms with Crippen LogP contribution in [0.5, 0.6) is 0 Å². The standard InChI is InChI=1S/C11H18BNO3/c1-10(2)11(3,4)16-12(15-10)9(13)8-5-6-14-7-8/h5-7,9H,13H2,1-4H3/t9-/m0/s1. The molecule has 0 radical (unpaired) electrons. The van der Waals surface area contributed by atoms with Gasteiger partial charge in [0.1, 0.15) is 0 Å². The third kappa shape index (κ3) is 1.79. The molecule has 0 amide bonds. The van der Waals surface area contributed by atoms with Crippen LogP contribution in [0.2, 0.25) is 0 Å². The third-order valence-electron chi connectivity index (χ3n) is 3.49. The van der Waals surface area contributed by atoms with E-state index in [0.717, 1.165) is 5.56 Å². The van der Waals surface area contributed by atoms with Crippen molar-refractivity contribution >= 4 is 7.12 Å². The Labute approximate surface area is 96.2 Å². The van der Waals surface area contributed by atoms with Gasteiger partial charge in [-0.3, -0.25) is 0 Å². The lowest BCUT2D eigenvalue weighted by molar-refractivity contribution is 0.00578. The summed E-state index contributed by atoms with van der Waals surface area (Å²) < 4.78 is 16.7. The average Bonchev–Trinajstić information content (AvgIpc) is 2.72. The fourth-order valence-electron chi connectivity index (χ4n) is 1.66. The molecule has 0 aromatic carbocycles. The molecule has 1 aromatic heterocycles. The molecule has 0 bridgehead atoms. The predicted octanol–water partition coefficient (Wildman–Crippen LogP) is 1.91. The number of nitrogens with two attached hydrogens (primary N) is 1. The van der Waals surface area contributed by atoms with E-state index in [1.165, 1.54) is 0 Å². The second kappa shape index (κ2) is 3.62. The monoisotopic (exact) mass is 223 g/mol. The zero-order valence-corrected chi connectivity index (χ0v) is 10.2. The molecular formula is C11H18BNO3. The molecule has 0 aliphatic carbocycles. The molecular weight excluding hydrogens is 205 g/mol. The normalized spacial score (nSPS) is 24.7. The second-order valence-corrected chi connectivity index (χ2v) is 5.21. The Hall–Kier alpha value is -0.775. The lowest BCUT2D eigenvalue weighted by Gasteiger charge is -2.32. The van der Waals surface area contributed by atoms with Crippen LogP contribution in [0.15, 0.2) is 23.0 Å². The van der Waals surface area contributed by atoms with Crippen LogP contribution < -0.4 is 5.73 Å². The summed E-state index contributed by atoms with van der Waals surface area (Å²) >= 11 is 0. The van der Waals surface area contributed by atoms with Crippen molar-refractivity contribution in [3.63, 3.8) is 0 Å².